The number of halogens is 6. The first-order valence-electron chi connectivity index (χ1n) is 10.5. The van der Waals surface area contributed by atoms with Gasteiger partial charge >= 0.3 is 12.5 Å². The van der Waals surface area contributed by atoms with E-state index in [-0.39, 0.29) is 39.7 Å². The van der Waals surface area contributed by atoms with Crippen molar-refractivity contribution in [3.63, 3.8) is 0 Å². The third-order valence-electron chi connectivity index (χ3n) is 5.44. The fourth-order valence-corrected chi connectivity index (χ4v) is 5.29. The predicted octanol–water partition coefficient (Wildman–Crippen LogP) is 5.09. The van der Waals surface area contributed by atoms with Crippen molar-refractivity contribution in [2.45, 2.75) is 30.6 Å². The van der Waals surface area contributed by atoms with Crippen LogP contribution in [0.3, 0.4) is 0 Å². The minimum absolute atomic E-state index is 0.00989. The van der Waals surface area contributed by atoms with Crippen molar-refractivity contribution in [3.8, 4) is 5.75 Å². The van der Waals surface area contributed by atoms with Crippen LogP contribution >= 0.6 is 0 Å². The van der Waals surface area contributed by atoms with Gasteiger partial charge in [-0.25, -0.2) is 18.4 Å². The lowest BCUT2D eigenvalue weighted by Gasteiger charge is -2.24. The van der Waals surface area contributed by atoms with E-state index in [1.165, 1.54) is 12.1 Å². The number of nitrogens with one attached hydrogen (secondary N) is 1. The maximum absolute atomic E-state index is 13.8. The van der Waals surface area contributed by atoms with E-state index in [4.69, 9.17) is 4.42 Å². The van der Waals surface area contributed by atoms with Gasteiger partial charge < -0.3 is 19.6 Å². The van der Waals surface area contributed by atoms with Gasteiger partial charge in [0.25, 0.3) is 10.0 Å². The Bertz CT molecular complexity index is 1640. The van der Waals surface area contributed by atoms with Gasteiger partial charge in [-0.3, -0.25) is 4.31 Å². The van der Waals surface area contributed by atoms with E-state index in [1.807, 2.05) is 0 Å². The molecule has 0 amide bonds. The molecule has 16 heteroatoms. The highest BCUT2D eigenvalue weighted by atomic mass is 32.2. The van der Waals surface area contributed by atoms with Crippen molar-refractivity contribution in [1.29, 1.82) is 0 Å². The largest absolute Gasteiger partial charge is 0.573 e. The second kappa shape index (κ2) is 8.76. The normalized spacial score (nSPS) is 14.0. The molecule has 0 saturated heterocycles. The van der Waals surface area contributed by atoms with Crippen LogP contribution in [0.25, 0.3) is 11.1 Å². The molecule has 2 aromatic carbocycles. The molecule has 0 unspecified atom stereocenters. The quantitative estimate of drug-likeness (QED) is 0.332. The second-order valence-electron chi connectivity index (χ2n) is 7.93. The summed E-state index contributed by atoms with van der Waals surface area (Å²) < 4.78 is 115. The predicted molar refractivity (Wildman–Crippen MR) is 119 cm³/mol. The number of pyridine rings is 1. The molecule has 2 N–H and O–H groups in total. The fourth-order valence-electron chi connectivity index (χ4n) is 3.83. The summed E-state index contributed by atoms with van der Waals surface area (Å²) in [6, 6.07) is 7.89. The van der Waals surface area contributed by atoms with Crippen molar-refractivity contribution >= 4 is 38.3 Å². The molecular weight excluding hydrogens is 546 g/mol. The molecule has 0 radical (unpaired) electrons. The molecule has 0 spiro atoms. The number of aliphatic hydroxyl groups excluding tert-OH is 1. The molecule has 1 aliphatic rings. The number of alkyl halides is 6. The number of aromatic nitrogens is 2. The third-order valence-corrected chi connectivity index (χ3v) is 7.20. The highest BCUT2D eigenvalue weighted by Crippen LogP contribution is 2.44. The van der Waals surface area contributed by atoms with Crippen LogP contribution in [0.4, 0.5) is 43.5 Å². The van der Waals surface area contributed by atoms with Gasteiger partial charge in [0.05, 0.1) is 17.1 Å². The number of nitrogens with zero attached hydrogens (tertiary/aromatic N) is 3. The van der Waals surface area contributed by atoms with Gasteiger partial charge in [0.1, 0.15) is 35.1 Å². The molecule has 0 saturated carbocycles. The Hall–Kier alpha value is -4.05. The number of aliphatic hydroxyl groups is 1. The minimum atomic E-state index is -5.00. The van der Waals surface area contributed by atoms with Gasteiger partial charge in [-0.1, -0.05) is 6.07 Å². The Kier molecular flexibility index (Phi) is 5.90. The van der Waals surface area contributed by atoms with Crippen LogP contribution in [0, 0.1) is 0 Å². The van der Waals surface area contributed by atoms with Crippen LogP contribution in [-0.4, -0.2) is 29.9 Å². The zero-order valence-corrected chi connectivity index (χ0v) is 19.4. The van der Waals surface area contributed by atoms with E-state index in [9.17, 15) is 39.9 Å². The number of hydrogen-bond acceptors (Lipinski definition) is 8. The maximum atomic E-state index is 13.8. The molecule has 3 heterocycles. The summed E-state index contributed by atoms with van der Waals surface area (Å²) >= 11 is 0. The van der Waals surface area contributed by atoms with Crippen LogP contribution in [0.15, 0.2) is 57.8 Å². The SMILES string of the molecule is O=S(=O)(c1ccc(OC(F)(F)F)cc1)N1Cc2ccc(C(F)(F)F)nc2Nc2ccc3nc(CO)oc3c21. The van der Waals surface area contributed by atoms with Crippen molar-refractivity contribution in [1.82, 2.24) is 9.97 Å². The average molecular weight is 560 g/mol. The molecule has 5 rings (SSSR count). The van der Waals surface area contributed by atoms with Crippen LogP contribution in [-0.2, 0) is 29.4 Å². The first-order valence-corrected chi connectivity index (χ1v) is 12.0. The Labute approximate surface area is 209 Å². The first-order chi connectivity index (χ1) is 17.8. The Morgan fingerprint density at radius 2 is 1.71 bits per heavy atom. The van der Waals surface area contributed by atoms with Crippen molar-refractivity contribution in [2.75, 3.05) is 9.62 Å². The Balaban J connectivity index is 1.68. The number of sulfonamides is 1. The summed E-state index contributed by atoms with van der Waals surface area (Å²) in [7, 11) is -4.57. The van der Waals surface area contributed by atoms with Gasteiger partial charge in [-0.15, -0.1) is 13.2 Å². The summed E-state index contributed by atoms with van der Waals surface area (Å²) in [5.41, 5.74) is -1.29. The van der Waals surface area contributed by atoms with E-state index in [0.717, 1.165) is 34.6 Å². The van der Waals surface area contributed by atoms with Crippen LogP contribution in [0.2, 0.25) is 0 Å². The van der Waals surface area contributed by atoms with Crippen LogP contribution in [0.5, 0.6) is 5.75 Å². The highest BCUT2D eigenvalue weighted by molar-refractivity contribution is 7.92. The van der Waals surface area contributed by atoms with E-state index >= 15 is 0 Å². The Morgan fingerprint density at radius 1 is 1.00 bits per heavy atom. The lowest BCUT2D eigenvalue weighted by molar-refractivity contribution is -0.274. The molecule has 0 bridgehead atoms. The molecule has 4 aromatic rings. The molecule has 200 valence electrons. The highest BCUT2D eigenvalue weighted by Gasteiger charge is 2.37. The lowest BCUT2D eigenvalue weighted by atomic mass is 10.2. The van der Waals surface area contributed by atoms with E-state index < -0.39 is 52.1 Å². The summed E-state index contributed by atoms with van der Waals surface area (Å²) in [5.74, 6) is -1.08. The third kappa shape index (κ3) is 4.67. The number of benzene rings is 2. The van der Waals surface area contributed by atoms with E-state index in [0.29, 0.717) is 6.07 Å². The van der Waals surface area contributed by atoms with Gasteiger partial charge in [0.2, 0.25) is 5.89 Å². The molecule has 0 atom stereocenters. The standard InChI is InChI=1S/C22H14F6N4O5S/c23-21(24,25)16-8-1-11-9-32(38(34,35)13-4-2-12(3-5-13)37-22(26,27)28)18-14(30-20(11)31-16)6-7-15-19(18)36-17(10-33)29-15/h1-8,33H,9-10H2,(H,30,31). The van der Waals surface area contributed by atoms with Gasteiger partial charge in [0, 0.05) is 5.56 Å². The maximum Gasteiger partial charge on any atom is 0.573 e. The van der Waals surface area contributed by atoms with E-state index in [2.05, 4.69) is 20.0 Å². The number of anilines is 3. The smallest absolute Gasteiger partial charge is 0.436 e. The molecular formula is C22H14F6N4O5S. The monoisotopic (exact) mass is 560 g/mol. The molecule has 38 heavy (non-hydrogen) atoms. The topological polar surface area (TPSA) is 118 Å². The van der Waals surface area contributed by atoms with Gasteiger partial charge in [0.15, 0.2) is 5.58 Å². The number of rotatable bonds is 4. The Morgan fingerprint density at radius 3 is 2.34 bits per heavy atom. The van der Waals surface area contributed by atoms with Crippen molar-refractivity contribution < 1.29 is 49.0 Å². The minimum Gasteiger partial charge on any atom is -0.436 e. The first kappa shape index (κ1) is 25.6. The van der Waals surface area contributed by atoms with E-state index in [1.54, 1.807) is 0 Å². The summed E-state index contributed by atoms with van der Waals surface area (Å²) in [6.07, 6.45) is -9.77. The molecule has 0 fully saturated rings. The van der Waals surface area contributed by atoms with Crippen LogP contribution < -0.4 is 14.4 Å². The number of ether oxygens (including phenoxy) is 1. The fraction of sp³-hybridized carbons (Fsp3) is 0.182. The lowest BCUT2D eigenvalue weighted by Crippen LogP contribution is -2.30. The summed E-state index contributed by atoms with van der Waals surface area (Å²) in [6.45, 7) is -1.15. The van der Waals surface area contributed by atoms with Crippen molar-refractivity contribution in [2.24, 2.45) is 0 Å². The molecule has 1 aliphatic heterocycles. The zero-order valence-electron chi connectivity index (χ0n) is 18.6. The molecule has 2 aromatic heterocycles. The van der Waals surface area contributed by atoms with Crippen LogP contribution in [0.1, 0.15) is 17.1 Å². The average Bonchev–Trinajstić information content (AvgIpc) is 3.17. The number of oxazole rings is 1. The number of hydrogen-bond donors (Lipinski definition) is 2. The van der Waals surface area contributed by atoms with Crippen molar-refractivity contribution in [3.05, 3.63) is 65.7 Å². The zero-order chi connectivity index (χ0) is 27.5. The molecule has 9 nitrogen and oxygen atoms in total. The van der Waals surface area contributed by atoms with Gasteiger partial charge in [-0.2, -0.15) is 13.2 Å². The summed E-state index contributed by atoms with van der Waals surface area (Å²) in [5, 5.41) is 12.2. The number of fused-ring (bicyclic) bond motifs is 4. The van der Waals surface area contributed by atoms with Gasteiger partial charge in [-0.05, 0) is 42.5 Å². The molecule has 0 aliphatic carbocycles. The second-order valence-corrected chi connectivity index (χ2v) is 9.80. The summed E-state index contributed by atoms with van der Waals surface area (Å²) in [4.78, 5) is 7.22.